The second kappa shape index (κ2) is 7.58. The normalized spacial score (nSPS) is 36.0. The number of rotatable bonds is 4. The fraction of sp³-hybridized carbons (Fsp3) is 0.680. The van der Waals surface area contributed by atoms with E-state index in [-0.39, 0.29) is 46.6 Å². The highest BCUT2D eigenvalue weighted by Gasteiger charge is 2.60. The Balaban J connectivity index is 1.74. The predicted octanol–water partition coefficient (Wildman–Crippen LogP) is 5.61. The number of ether oxygens (including phenoxy) is 2. The van der Waals surface area contributed by atoms with E-state index in [1.807, 2.05) is 26.0 Å². The summed E-state index contributed by atoms with van der Waals surface area (Å²) in [6.07, 6.45) is 9.22. The molecule has 3 aliphatic rings. The molecule has 1 aromatic heterocycles. The number of furan rings is 1. The van der Waals surface area contributed by atoms with E-state index in [0.717, 1.165) is 37.7 Å². The Morgan fingerprint density at radius 2 is 2.07 bits per heavy atom. The number of fused-ring (bicyclic) bond motifs is 3. The SMILES string of the molecule is CC[C@@H](C)C(=O)O[C@@H]1C=C2C(=O)O[C@H](c3ccoc3)C[C@@H]2[C@@]2(C)CCCC(C)(C)[C@H]12. The summed E-state index contributed by atoms with van der Waals surface area (Å²) in [5.41, 5.74) is 1.48. The molecule has 0 bridgehead atoms. The largest absolute Gasteiger partial charge is 0.472 e. The molecule has 4 rings (SSSR count). The van der Waals surface area contributed by atoms with Crippen molar-refractivity contribution in [2.24, 2.45) is 28.6 Å². The molecule has 164 valence electrons. The molecule has 5 nitrogen and oxygen atoms in total. The van der Waals surface area contributed by atoms with E-state index in [0.29, 0.717) is 5.57 Å². The van der Waals surface area contributed by atoms with Gasteiger partial charge in [0, 0.05) is 23.0 Å². The van der Waals surface area contributed by atoms with Crippen molar-refractivity contribution in [2.75, 3.05) is 0 Å². The zero-order valence-electron chi connectivity index (χ0n) is 18.8. The molecular formula is C25H34O5. The molecule has 2 aliphatic carbocycles. The molecule has 1 saturated heterocycles. The van der Waals surface area contributed by atoms with Crippen LogP contribution in [0.4, 0.5) is 0 Å². The molecule has 1 aromatic rings. The van der Waals surface area contributed by atoms with Crippen LogP contribution < -0.4 is 0 Å². The number of hydrogen-bond acceptors (Lipinski definition) is 5. The van der Waals surface area contributed by atoms with Gasteiger partial charge in [-0.3, -0.25) is 4.79 Å². The van der Waals surface area contributed by atoms with Crippen molar-refractivity contribution in [1.82, 2.24) is 0 Å². The van der Waals surface area contributed by atoms with Gasteiger partial charge >= 0.3 is 11.9 Å². The summed E-state index contributed by atoms with van der Waals surface area (Å²) in [5.74, 6) is -0.367. The van der Waals surface area contributed by atoms with Gasteiger partial charge in [0.25, 0.3) is 0 Å². The van der Waals surface area contributed by atoms with Crippen molar-refractivity contribution < 1.29 is 23.5 Å². The van der Waals surface area contributed by atoms with Crippen LogP contribution in [0.1, 0.15) is 78.4 Å². The summed E-state index contributed by atoms with van der Waals surface area (Å²) in [4.78, 5) is 25.8. The van der Waals surface area contributed by atoms with Crippen molar-refractivity contribution in [3.05, 3.63) is 35.8 Å². The van der Waals surface area contributed by atoms with Crippen LogP contribution in [0.2, 0.25) is 0 Å². The lowest BCUT2D eigenvalue weighted by Crippen LogP contribution is -2.57. The smallest absolute Gasteiger partial charge is 0.334 e. The maximum Gasteiger partial charge on any atom is 0.334 e. The molecule has 6 atom stereocenters. The average Bonchev–Trinajstić information content (AvgIpc) is 3.22. The summed E-state index contributed by atoms with van der Waals surface area (Å²) in [6, 6.07) is 1.87. The van der Waals surface area contributed by atoms with Crippen LogP contribution in [0.5, 0.6) is 0 Å². The Morgan fingerprint density at radius 3 is 2.73 bits per heavy atom. The van der Waals surface area contributed by atoms with Gasteiger partial charge < -0.3 is 13.9 Å². The highest BCUT2D eigenvalue weighted by molar-refractivity contribution is 5.91. The maximum atomic E-state index is 13.1. The van der Waals surface area contributed by atoms with Gasteiger partial charge in [0.2, 0.25) is 0 Å². The lowest BCUT2D eigenvalue weighted by Gasteiger charge is -2.59. The molecule has 0 aromatic carbocycles. The Morgan fingerprint density at radius 1 is 1.30 bits per heavy atom. The summed E-state index contributed by atoms with van der Waals surface area (Å²) in [7, 11) is 0. The van der Waals surface area contributed by atoms with Crippen molar-refractivity contribution >= 4 is 11.9 Å². The van der Waals surface area contributed by atoms with E-state index >= 15 is 0 Å². The second-order valence-electron chi connectivity index (χ2n) is 10.4. The zero-order chi connectivity index (χ0) is 21.7. The van der Waals surface area contributed by atoms with Crippen molar-refractivity contribution in [2.45, 2.75) is 78.9 Å². The Hall–Kier alpha value is -2.04. The van der Waals surface area contributed by atoms with Crippen LogP contribution in [0.3, 0.4) is 0 Å². The third-order valence-electron chi connectivity index (χ3n) is 8.05. The van der Waals surface area contributed by atoms with Gasteiger partial charge in [-0.1, -0.05) is 41.0 Å². The molecule has 0 N–H and O–H groups in total. The van der Waals surface area contributed by atoms with E-state index < -0.39 is 6.10 Å². The number of esters is 2. The molecule has 2 fully saturated rings. The van der Waals surface area contributed by atoms with E-state index in [4.69, 9.17) is 13.9 Å². The van der Waals surface area contributed by atoms with Gasteiger partial charge in [0.1, 0.15) is 12.2 Å². The molecule has 1 saturated carbocycles. The predicted molar refractivity (Wildman–Crippen MR) is 112 cm³/mol. The average molecular weight is 415 g/mol. The van der Waals surface area contributed by atoms with Crippen molar-refractivity contribution in [1.29, 1.82) is 0 Å². The molecule has 5 heteroatoms. The topological polar surface area (TPSA) is 65.7 Å². The minimum absolute atomic E-state index is 0.0158. The van der Waals surface area contributed by atoms with E-state index in [9.17, 15) is 9.59 Å². The van der Waals surface area contributed by atoms with Crippen LogP contribution in [0, 0.1) is 28.6 Å². The Bertz CT molecular complexity index is 836. The lowest BCUT2D eigenvalue weighted by molar-refractivity contribution is -0.176. The first-order chi connectivity index (χ1) is 14.2. The van der Waals surface area contributed by atoms with Gasteiger partial charge in [0.15, 0.2) is 0 Å². The summed E-state index contributed by atoms with van der Waals surface area (Å²) >= 11 is 0. The first-order valence-electron chi connectivity index (χ1n) is 11.3. The van der Waals surface area contributed by atoms with Gasteiger partial charge in [-0.05, 0) is 48.7 Å². The number of cyclic esters (lactones) is 1. The van der Waals surface area contributed by atoms with Gasteiger partial charge in [-0.15, -0.1) is 0 Å². The lowest BCUT2D eigenvalue weighted by atomic mass is 9.47. The molecule has 30 heavy (non-hydrogen) atoms. The van der Waals surface area contributed by atoms with Gasteiger partial charge in [-0.2, -0.15) is 0 Å². The van der Waals surface area contributed by atoms with Crippen LogP contribution in [-0.2, 0) is 19.1 Å². The third kappa shape index (κ3) is 3.40. The van der Waals surface area contributed by atoms with Crippen molar-refractivity contribution in [3.63, 3.8) is 0 Å². The number of carbonyl (C=O) groups excluding carboxylic acids is 2. The van der Waals surface area contributed by atoms with E-state index in [1.165, 1.54) is 0 Å². The monoisotopic (exact) mass is 414 g/mol. The van der Waals surface area contributed by atoms with Crippen LogP contribution in [0.25, 0.3) is 0 Å². The maximum absolute atomic E-state index is 13.1. The molecule has 0 spiro atoms. The fourth-order valence-corrected chi connectivity index (χ4v) is 6.33. The summed E-state index contributed by atoms with van der Waals surface area (Å²) in [6.45, 7) is 10.8. The van der Waals surface area contributed by atoms with E-state index in [2.05, 4.69) is 20.8 Å². The standard InChI is InChI=1S/C25H34O5/c1-6-15(2)22(26)30-20-12-17-18(25(5)10-7-9-24(3,4)21(20)25)13-19(29-23(17)27)16-8-11-28-14-16/h8,11-12,14-15,18-21H,6-7,9-10,13H2,1-5H3/t15-,18+,19+,20-,21+,25-/m1/s1. The molecule has 0 radical (unpaired) electrons. The minimum atomic E-state index is -0.393. The van der Waals surface area contributed by atoms with Gasteiger partial charge in [-0.25, -0.2) is 4.79 Å². The molecular weight excluding hydrogens is 380 g/mol. The van der Waals surface area contributed by atoms with Crippen molar-refractivity contribution in [3.8, 4) is 0 Å². The summed E-state index contributed by atoms with van der Waals surface area (Å²) in [5, 5.41) is 0. The number of carbonyl (C=O) groups is 2. The van der Waals surface area contributed by atoms with Crippen LogP contribution in [0.15, 0.2) is 34.7 Å². The molecule has 0 unspecified atom stereocenters. The Kier molecular flexibility index (Phi) is 5.36. The van der Waals surface area contributed by atoms with Gasteiger partial charge in [0.05, 0.1) is 18.4 Å². The quantitative estimate of drug-likeness (QED) is 0.599. The zero-order valence-corrected chi connectivity index (χ0v) is 18.8. The third-order valence-corrected chi connectivity index (χ3v) is 8.05. The highest BCUT2D eigenvalue weighted by Crippen LogP contribution is 2.63. The van der Waals surface area contributed by atoms with Crippen LogP contribution in [-0.4, -0.2) is 18.0 Å². The van der Waals surface area contributed by atoms with E-state index in [1.54, 1.807) is 12.5 Å². The molecule has 0 amide bonds. The second-order valence-corrected chi connectivity index (χ2v) is 10.4. The molecule has 2 heterocycles. The summed E-state index contributed by atoms with van der Waals surface area (Å²) < 4.78 is 17.1. The first-order valence-corrected chi connectivity index (χ1v) is 11.3. The highest BCUT2D eigenvalue weighted by atomic mass is 16.6. The first kappa shape index (κ1) is 21.2. The Labute approximate surface area is 179 Å². The molecule has 1 aliphatic heterocycles. The fourth-order valence-electron chi connectivity index (χ4n) is 6.33. The van der Waals surface area contributed by atoms with Crippen LogP contribution >= 0.6 is 0 Å². The number of hydrogen-bond donors (Lipinski definition) is 0. The minimum Gasteiger partial charge on any atom is -0.472 e.